The van der Waals surface area contributed by atoms with Gasteiger partial charge in [0.25, 0.3) is 10.0 Å². The van der Waals surface area contributed by atoms with Crippen LogP contribution in [0.1, 0.15) is 55.0 Å². The zero-order valence-electron chi connectivity index (χ0n) is 19.3. The predicted molar refractivity (Wildman–Crippen MR) is 130 cm³/mol. The van der Waals surface area contributed by atoms with Crippen LogP contribution >= 0.6 is 11.3 Å². The first kappa shape index (κ1) is 23.2. The molecule has 0 atom stereocenters. The van der Waals surface area contributed by atoms with Gasteiger partial charge in [-0.1, -0.05) is 17.6 Å². The highest BCUT2D eigenvalue weighted by atomic mass is 32.2. The van der Waals surface area contributed by atoms with Crippen LogP contribution in [0.3, 0.4) is 0 Å². The summed E-state index contributed by atoms with van der Waals surface area (Å²) in [5.74, 6) is 1.13. The van der Waals surface area contributed by atoms with E-state index in [0.717, 1.165) is 35.4 Å². The molecule has 1 saturated heterocycles. The molecule has 1 aliphatic heterocycles. The maximum Gasteiger partial charge on any atom is 0.252 e. The fourth-order valence-electron chi connectivity index (χ4n) is 4.29. The molecule has 0 bridgehead atoms. The summed E-state index contributed by atoms with van der Waals surface area (Å²) in [4.78, 5) is 17.2. The van der Waals surface area contributed by atoms with E-state index in [9.17, 15) is 13.2 Å². The summed E-state index contributed by atoms with van der Waals surface area (Å²) in [5, 5.41) is 8.77. The van der Waals surface area contributed by atoms with Crippen LogP contribution in [0.5, 0.6) is 0 Å². The number of aryl methyl sites for hydroxylation is 2. The van der Waals surface area contributed by atoms with Crippen molar-refractivity contribution >= 4 is 33.0 Å². The van der Waals surface area contributed by atoms with E-state index in [-0.39, 0.29) is 16.0 Å². The van der Waals surface area contributed by atoms with E-state index in [4.69, 9.17) is 4.52 Å². The van der Waals surface area contributed by atoms with Crippen LogP contribution in [0.15, 0.2) is 38.4 Å². The molecule has 0 radical (unpaired) electrons. The second-order valence-electron chi connectivity index (χ2n) is 9.21. The van der Waals surface area contributed by atoms with E-state index in [1.165, 1.54) is 16.3 Å². The van der Waals surface area contributed by atoms with Gasteiger partial charge in [0, 0.05) is 41.6 Å². The molecule has 3 aromatic rings. The van der Waals surface area contributed by atoms with Crippen molar-refractivity contribution in [3.63, 3.8) is 0 Å². The molecule has 1 aliphatic carbocycles. The standard InChI is InChI=1S/C24H28N4O4S2/c1-15-6-7-20(12-16(15)2)25-23(29)17-8-10-28(11-9-17)34(30,31)21-13-19(14-33-21)22-26-24(32-27-22)18-4-3-5-18/h6-7,12-14,17-18H,3-5,8-11H2,1-2H3,(H,25,29). The van der Waals surface area contributed by atoms with Crippen molar-refractivity contribution < 1.29 is 17.7 Å². The number of thiophene rings is 1. The van der Waals surface area contributed by atoms with Crippen molar-refractivity contribution in [3.05, 3.63) is 46.7 Å². The number of aromatic nitrogens is 2. The highest BCUT2D eigenvalue weighted by Crippen LogP contribution is 2.37. The highest BCUT2D eigenvalue weighted by Gasteiger charge is 2.33. The molecule has 0 spiro atoms. The number of carbonyl (C=O) groups excluding carboxylic acids is 1. The number of amides is 1. The number of rotatable bonds is 6. The summed E-state index contributed by atoms with van der Waals surface area (Å²) < 4.78 is 33.5. The molecule has 1 N–H and O–H groups in total. The summed E-state index contributed by atoms with van der Waals surface area (Å²) in [6.07, 6.45) is 4.27. The summed E-state index contributed by atoms with van der Waals surface area (Å²) in [5.41, 5.74) is 3.72. The Morgan fingerprint density at radius 1 is 1.12 bits per heavy atom. The highest BCUT2D eigenvalue weighted by molar-refractivity contribution is 7.91. The first-order valence-electron chi connectivity index (χ1n) is 11.6. The Hall–Kier alpha value is -2.56. The summed E-state index contributed by atoms with van der Waals surface area (Å²) in [7, 11) is -3.64. The molecule has 1 amide bonds. The van der Waals surface area contributed by atoms with Crippen LogP contribution in [-0.2, 0) is 14.8 Å². The van der Waals surface area contributed by atoms with Gasteiger partial charge < -0.3 is 9.84 Å². The SMILES string of the molecule is Cc1ccc(NC(=O)C2CCN(S(=O)(=O)c3cc(-c4noc(C5CCC5)n4)cs3)CC2)cc1C. The Morgan fingerprint density at radius 3 is 2.56 bits per heavy atom. The number of sulfonamides is 1. The molecule has 34 heavy (non-hydrogen) atoms. The lowest BCUT2D eigenvalue weighted by atomic mass is 9.85. The molecule has 180 valence electrons. The largest absolute Gasteiger partial charge is 0.339 e. The van der Waals surface area contributed by atoms with Gasteiger partial charge in [0.15, 0.2) is 0 Å². The Labute approximate surface area is 203 Å². The fraction of sp³-hybridized carbons (Fsp3) is 0.458. The first-order valence-corrected chi connectivity index (χ1v) is 13.9. The minimum Gasteiger partial charge on any atom is -0.339 e. The van der Waals surface area contributed by atoms with Crippen LogP contribution in [0, 0.1) is 19.8 Å². The molecule has 10 heteroatoms. The molecule has 2 fully saturated rings. The molecular formula is C24H28N4O4S2. The van der Waals surface area contributed by atoms with Crippen LogP contribution < -0.4 is 5.32 Å². The number of anilines is 1. The normalized spacial score (nSPS) is 18.1. The van der Waals surface area contributed by atoms with Gasteiger partial charge in [0.2, 0.25) is 17.6 Å². The van der Waals surface area contributed by atoms with Crippen molar-refractivity contribution in [2.24, 2.45) is 5.92 Å². The maximum atomic E-state index is 13.2. The van der Waals surface area contributed by atoms with Crippen LogP contribution in [-0.4, -0.2) is 41.9 Å². The lowest BCUT2D eigenvalue weighted by Gasteiger charge is -2.30. The lowest BCUT2D eigenvalue weighted by Crippen LogP contribution is -2.41. The molecule has 8 nitrogen and oxygen atoms in total. The van der Waals surface area contributed by atoms with Gasteiger partial charge in [-0.3, -0.25) is 4.79 Å². The van der Waals surface area contributed by atoms with Crippen LogP contribution in [0.4, 0.5) is 5.69 Å². The quantitative estimate of drug-likeness (QED) is 0.525. The van der Waals surface area contributed by atoms with E-state index in [1.54, 1.807) is 11.4 Å². The van der Waals surface area contributed by atoms with E-state index in [0.29, 0.717) is 49.1 Å². The van der Waals surface area contributed by atoms with Gasteiger partial charge in [0.05, 0.1) is 0 Å². The fourth-order valence-corrected chi connectivity index (χ4v) is 7.07. The van der Waals surface area contributed by atoms with Crippen LogP contribution in [0.2, 0.25) is 0 Å². The van der Waals surface area contributed by atoms with Crippen molar-refractivity contribution in [1.82, 2.24) is 14.4 Å². The summed E-state index contributed by atoms with van der Waals surface area (Å²) in [6, 6.07) is 7.46. The topological polar surface area (TPSA) is 105 Å². The molecule has 2 aromatic heterocycles. The third-order valence-corrected chi connectivity index (χ3v) is 10.2. The van der Waals surface area contributed by atoms with Crippen LogP contribution in [0.25, 0.3) is 11.4 Å². The zero-order valence-corrected chi connectivity index (χ0v) is 20.9. The third-order valence-electron chi connectivity index (χ3n) is 6.92. The molecule has 0 unspecified atom stereocenters. The Balaban J connectivity index is 1.21. The minimum atomic E-state index is -3.64. The minimum absolute atomic E-state index is 0.0573. The van der Waals surface area contributed by atoms with E-state index in [2.05, 4.69) is 15.5 Å². The monoisotopic (exact) mass is 500 g/mol. The van der Waals surface area contributed by atoms with Crippen molar-refractivity contribution in [2.75, 3.05) is 18.4 Å². The second kappa shape index (κ2) is 9.24. The maximum absolute atomic E-state index is 13.2. The average molecular weight is 501 g/mol. The lowest BCUT2D eigenvalue weighted by molar-refractivity contribution is -0.120. The second-order valence-corrected chi connectivity index (χ2v) is 12.3. The number of benzene rings is 1. The smallest absolute Gasteiger partial charge is 0.252 e. The van der Waals surface area contributed by atoms with E-state index < -0.39 is 10.0 Å². The molecular weight excluding hydrogens is 472 g/mol. The molecule has 1 aromatic carbocycles. The molecule has 5 rings (SSSR count). The molecule has 3 heterocycles. The number of nitrogens with one attached hydrogen (secondary N) is 1. The van der Waals surface area contributed by atoms with Gasteiger partial charge in [-0.25, -0.2) is 8.42 Å². The van der Waals surface area contributed by atoms with Gasteiger partial charge in [-0.15, -0.1) is 11.3 Å². The zero-order chi connectivity index (χ0) is 23.9. The Morgan fingerprint density at radius 2 is 1.88 bits per heavy atom. The van der Waals surface area contributed by atoms with Gasteiger partial charge >= 0.3 is 0 Å². The Kier molecular flexibility index (Phi) is 6.30. The number of carbonyl (C=O) groups is 1. The van der Waals surface area contributed by atoms with E-state index in [1.807, 2.05) is 32.0 Å². The first-order chi connectivity index (χ1) is 16.3. The number of piperidine rings is 1. The van der Waals surface area contributed by atoms with Gasteiger partial charge in [-0.2, -0.15) is 9.29 Å². The Bertz CT molecular complexity index is 1300. The summed E-state index contributed by atoms with van der Waals surface area (Å²) in [6.45, 7) is 4.67. The van der Waals surface area contributed by atoms with Crippen molar-refractivity contribution in [2.45, 2.75) is 56.1 Å². The predicted octanol–water partition coefficient (Wildman–Crippen LogP) is 4.72. The van der Waals surface area contributed by atoms with Gasteiger partial charge in [-0.05, 0) is 68.9 Å². The molecule has 2 aliphatic rings. The number of nitrogens with zero attached hydrogens (tertiary/aromatic N) is 3. The van der Waals surface area contributed by atoms with Crippen molar-refractivity contribution in [1.29, 1.82) is 0 Å². The van der Waals surface area contributed by atoms with Crippen molar-refractivity contribution in [3.8, 4) is 11.4 Å². The average Bonchev–Trinajstić information content (AvgIpc) is 3.45. The number of hydrogen-bond donors (Lipinski definition) is 1. The van der Waals surface area contributed by atoms with Gasteiger partial charge in [0.1, 0.15) is 4.21 Å². The summed E-state index contributed by atoms with van der Waals surface area (Å²) >= 11 is 1.16. The third kappa shape index (κ3) is 4.54. The van der Waals surface area contributed by atoms with E-state index >= 15 is 0 Å². The number of hydrogen-bond acceptors (Lipinski definition) is 7. The molecule has 1 saturated carbocycles.